The van der Waals surface area contributed by atoms with E-state index in [1.807, 2.05) is 61.0 Å². The van der Waals surface area contributed by atoms with E-state index in [1.165, 1.54) is 11.3 Å². The number of carbonyl (C=O) groups is 2. The lowest BCUT2D eigenvalue weighted by atomic mass is 9.96. The number of ketones is 2. The Morgan fingerprint density at radius 3 is 2.33 bits per heavy atom. The Morgan fingerprint density at radius 1 is 0.800 bits per heavy atom. The SMILES string of the molecule is Cc1ccc2c(c1)c1cc(C(=O)c3cccs3)cc(C(=O)c3ccccc3)c1n2C. The second kappa shape index (κ2) is 7.08. The van der Waals surface area contributed by atoms with Crippen molar-refractivity contribution >= 4 is 44.7 Å². The molecule has 0 radical (unpaired) electrons. The van der Waals surface area contributed by atoms with Gasteiger partial charge in [0.05, 0.1) is 10.4 Å². The van der Waals surface area contributed by atoms with E-state index in [9.17, 15) is 9.59 Å². The normalized spacial score (nSPS) is 11.3. The number of rotatable bonds is 4. The van der Waals surface area contributed by atoms with Crippen LogP contribution in [-0.2, 0) is 7.05 Å². The molecule has 5 rings (SSSR count). The Bertz CT molecular complexity index is 1430. The zero-order valence-electron chi connectivity index (χ0n) is 16.7. The predicted molar refractivity (Wildman–Crippen MR) is 123 cm³/mol. The highest BCUT2D eigenvalue weighted by Crippen LogP contribution is 2.34. The Kier molecular flexibility index (Phi) is 4.37. The van der Waals surface area contributed by atoms with Gasteiger partial charge >= 0.3 is 0 Å². The van der Waals surface area contributed by atoms with Crippen LogP contribution in [0.4, 0.5) is 0 Å². The van der Waals surface area contributed by atoms with E-state index in [0.717, 1.165) is 27.4 Å². The first-order chi connectivity index (χ1) is 14.5. The third-order valence-corrected chi connectivity index (χ3v) is 6.41. The van der Waals surface area contributed by atoms with Crippen LogP contribution in [-0.4, -0.2) is 16.1 Å². The number of hydrogen-bond donors (Lipinski definition) is 0. The molecule has 146 valence electrons. The zero-order chi connectivity index (χ0) is 20.8. The molecule has 0 aliphatic rings. The Morgan fingerprint density at radius 2 is 1.60 bits per heavy atom. The lowest BCUT2D eigenvalue weighted by Crippen LogP contribution is -2.07. The largest absolute Gasteiger partial charge is 0.343 e. The van der Waals surface area contributed by atoms with Crippen LogP contribution in [0.25, 0.3) is 21.8 Å². The van der Waals surface area contributed by atoms with Gasteiger partial charge in [0.1, 0.15) is 0 Å². The molecule has 0 saturated carbocycles. The number of thiophene rings is 1. The van der Waals surface area contributed by atoms with E-state index in [2.05, 4.69) is 29.7 Å². The molecule has 0 aliphatic heterocycles. The summed E-state index contributed by atoms with van der Waals surface area (Å²) in [6.07, 6.45) is 0. The van der Waals surface area contributed by atoms with Crippen LogP contribution in [0.5, 0.6) is 0 Å². The van der Waals surface area contributed by atoms with Crippen LogP contribution in [0.3, 0.4) is 0 Å². The summed E-state index contributed by atoms with van der Waals surface area (Å²) in [6.45, 7) is 2.05. The zero-order valence-corrected chi connectivity index (χ0v) is 17.5. The van der Waals surface area contributed by atoms with Gasteiger partial charge in [0.25, 0.3) is 0 Å². The molecule has 0 atom stereocenters. The standard InChI is InChI=1S/C26H19NO2S/c1-16-10-11-22-19(13-16)20-14-18(26(29)23-9-6-12-30-23)15-21(24(20)27(22)2)25(28)17-7-4-3-5-8-17/h3-15H,1-2H3. The molecule has 0 fully saturated rings. The molecule has 30 heavy (non-hydrogen) atoms. The monoisotopic (exact) mass is 409 g/mol. The first-order valence-electron chi connectivity index (χ1n) is 9.75. The van der Waals surface area contributed by atoms with Crippen molar-refractivity contribution in [1.29, 1.82) is 0 Å². The minimum Gasteiger partial charge on any atom is -0.343 e. The Balaban J connectivity index is 1.85. The van der Waals surface area contributed by atoms with E-state index in [-0.39, 0.29) is 11.6 Å². The average molecular weight is 410 g/mol. The molecule has 5 aromatic rings. The maximum absolute atomic E-state index is 13.5. The van der Waals surface area contributed by atoms with Crippen molar-refractivity contribution in [3.05, 3.63) is 105 Å². The van der Waals surface area contributed by atoms with Gasteiger partial charge in [0.2, 0.25) is 5.78 Å². The van der Waals surface area contributed by atoms with E-state index < -0.39 is 0 Å². The summed E-state index contributed by atoms with van der Waals surface area (Å²) in [5.41, 5.74) is 4.74. The molecule has 4 heteroatoms. The van der Waals surface area contributed by atoms with Crippen molar-refractivity contribution in [1.82, 2.24) is 4.57 Å². The predicted octanol–water partition coefficient (Wildman–Crippen LogP) is 6.16. The van der Waals surface area contributed by atoms with E-state index in [1.54, 1.807) is 6.07 Å². The molecule has 3 nitrogen and oxygen atoms in total. The van der Waals surface area contributed by atoms with Crippen LogP contribution in [0.1, 0.15) is 36.7 Å². The summed E-state index contributed by atoms with van der Waals surface area (Å²) in [5, 5.41) is 3.87. The van der Waals surface area contributed by atoms with Crippen molar-refractivity contribution in [2.75, 3.05) is 0 Å². The lowest BCUT2D eigenvalue weighted by molar-refractivity contribution is 0.103. The van der Waals surface area contributed by atoms with Crippen molar-refractivity contribution < 1.29 is 9.59 Å². The second-order valence-electron chi connectivity index (χ2n) is 7.50. The van der Waals surface area contributed by atoms with Gasteiger partial charge < -0.3 is 4.57 Å². The molecule has 0 aliphatic carbocycles. The topological polar surface area (TPSA) is 39.1 Å². The molecule has 2 heterocycles. The fraction of sp³-hybridized carbons (Fsp3) is 0.0769. The van der Waals surface area contributed by atoms with Crippen molar-refractivity contribution in [3.8, 4) is 0 Å². The lowest BCUT2D eigenvalue weighted by Gasteiger charge is -2.09. The van der Waals surface area contributed by atoms with Crippen LogP contribution < -0.4 is 0 Å². The van der Waals surface area contributed by atoms with Crippen LogP contribution in [0.2, 0.25) is 0 Å². The van der Waals surface area contributed by atoms with E-state index in [4.69, 9.17) is 0 Å². The molecule has 0 spiro atoms. The first kappa shape index (κ1) is 18.5. The molecular formula is C26H19NO2S. The number of nitrogens with zero attached hydrogens (tertiary/aromatic N) is 1. The van der Waals surface area contributed by atoms with Gasteiger partial charge in [-0.15, -0.1) is 11.3 Å². The summed E-state index contributed by atoms with van der Waals surface area (Å²) >= 11 is 1.41. The molecule has 2 aromatic heterocycles. The summed E-state index contributed by atoms with van der Waals surface area (Å²) in [4.78, 5) is 27.3. The van der Waals surface area contributed by atoms with Gasteiger partial charge in [-0.1, -0.05) is 48.0 Å². The van der Waals surface area contributed by atoms with Gasteiger partial charge in [-0.25, -0.2) is 0 Å². The molecule has 0 saturated heterocycles. The smallest absolute Gasteiger partial charge is 0.202 e. The van der Waals surface area contributed by atoms with Crippen LogP contribution >= 0.6 is 11.3 Å². The molecule has 0 N–H and O–H groups in total. The van der Waals surface area contributed by atoms with E-state index in [0.29, 0.717) is 21.6 Å². The van der Waals surface area contributed by atoms with Gasteiger partial charge in [-0.05, 0) is 42.6 Å². The third kappa shape index (κ3) is 2.88. The van der Waals surface area contributed by atoms with Crippen LogP contribution in [0, 0.1) is 6.92 Å². The second-order valence-corrected chi connectivity index (χ2v) is 8.45. The quantitative estimate of drug-likeness (QED) is 0.333. The fourth-order valence-electron chi connectivity index (χ4n) is 4.08. The highest BCUT2D eigenvalue weighted by atomic mass is 32.1. The summed E-state index contributed by atoms with van der Waals surface area (Å²) in [6, 6.07) is 22.9. The maximum Gasteiger partial charge on any atom is 0.202 e. The number of aryl methyl sites for hydroxylation is 2. The summed E-state index contributed by atoms with van der Waals surface area (Å²) in [7, 11) is 1.97. The van der Waals surface area contributed by atoms with Crippen molar-refractivity contribution in [3.63, 3.8) is 0 Å². The minimum absolute atomic E-state index is 0.0568. The first-order valence-corrected chi connectivity index (χ1v) is 10.6. The Hall–Kier alpha value is -3.50. The third-order valence-electron chi connectivity index (χ3n) is 5.54. The fourth-order valence-corrected chi connectivity index (χ4v) is 4.76. The molecule has 0 amide bonds. The van der Waals surface area contributed by atoms with Gasteiger partial charge in [-0.2, -0.15) is 0 Å². The maximum atomic E-state index is 13.5. The number of fused-ring (bicyclic) bond motifs is 3. The molecule has 3 aromatic carbocycles. The summed E-state index contributed by atoms with van der Waals surface area (Å²) < 4.78 is 2.06. The molecule has 0 bridgehead atoms. The summed E-state index contributed by atoms with van der Waals surface area (Å²) in [5.74, 6) is -0.136. The van der Waals surface area contributed by atoms with Crippen LogP contribution in [0.15, 0.2) is 78.2 Å². The number of aromatic nitrogens is 1. The average Bonchev–Trinajstić information content (AvgIpc) is 3.40. The molecule has 0 unspecified atom stereocenters. The van der Waals surface area contributed by atoms with Gasteiger partial charge in [-0.3, -0.25) is 9.59 Å². The minimum atomic E-state index is -0.0796. The highest BCUT2D eigenvalue weighted by molar-refractivity contribution is 7.12. The van der Waals surface area contributed by atoms with Crippen molar-refractivity contribution in [2.45, 2.75) is 6.92 Å². The highest BCUT2D eigenvalue weighted by Gasteiger charge is 2.22. The number of benzene rings is 3. The van der Waals surface area contributed by atoms with Gasteiger partial charge in [0.15, 0.2) is 5.78 Å². The Labute approximate surface area is 178 Å². The van der Waals surface area contributed by atoms with Gasteiger partial charge in [0, 0.05) is 40.0 Å². The van der Waals surface area contributed by atoms with Crippen molar-refractivity contribution in [2.24, 2.45) is 7.05 Å². The van der Waals surface area contributed by atoms with E-state index >= 15 is 0 Å². The molecular weight excluding hydrogens is 390 g/mol. The number of hydrogen-bond acceptors (Lipinski definition) is 3. The number of carbonyl (C=O) groups excluding carboxylic acids is 2.